The molecule has 2 amide bonds. The number of nitrogens with zero attached hydrogens (tertiary/aromatic N) is 1. The average molecular weight is 348 g/mol. The molecule has 0 atom stereocenters. The Morgan fingerprint density at radius 2 is 1.84 bits per heavy atom. The highest BCUT2D eigenvalue weighted by atomic mass is 16.7. The van der Waals surface area contributed by atoms with E-state index >= 15 is 0 Å². The zero-order chi connectivity index (χ0) is 18.2. The van der Waals surface area contributed by atoms with Gasteiger partial charge in [-0.3, -0.25) is 0 Å². The lowest BCUT2D eigenvalue weighted by Gasteiger charge is -2.35. The lowest BCUT2D eigenvalue weighted by molar-refractivity contribution is 0.0224. The summed E-state index contributed by atoms with van der Waals surface area (Å²) < 4.78 is 4.63. The highest BCUT2D eigenvalue weighted by molar-refractivity contribution is 5.80. The summed E-state index contributed by atoms with van der Waals surface area (Å²) in [7, 11) is 0. The Morgan fingerprint density at radius 3 is 2.28 bits per heavy atom. The van der Waals surface area contributed by atoms with Crippen LogP contribution in [0.25, 0.3) is 11.1 Å². The van der Waals surface area contributed by atoms with Crippen molar-refractivity contribution in [1.29, 1.82) is 0 Å². The van der Waals surface area contributed by atoms with Gasteiger partial charge < -0.3 is 14.5 Å². The zero-order valence-electron chi connectivity index (χ0n) is 15.3. The maximum atomic E-state index is 12.0. The molecule has 0 unspecified atom stereocenters. The molecular weight excluding hydrogens is 320 g/mol. The van der Waals surface area contributed by atoms with E-state index in [0.29, 0.717) is 0 Å². The minimum Gasteiger partial charge on any atom is -0.448 e. The van der Waals surface area contributed by atoms with E-state index in [-0.39, 0.29) is 18.7 Å². The van der Waals surface area contributed by atoms with Gasteiger partial charge in [0.2, 0.25) is 0 Å². The summed E-state index contributed by atoms with van der Waals surface area (Å²) >= 11 is 0. The van der Waals surface area contributed by atoms with Gasteiger partial charge in [-0.15, -0.1) is 5.48 Å². The molecule has 3 rings (SSSR count). The van der Waals surface area contributed by atoms with Crippen molar-refractivity contribution < 1.29 is 19.2 Å². The van der Waals surface area contributed by atoms with Gasteiger partial charge in [-0.05, 0) is 50.8 Å². The van der Waals surface area contributed by atoms with Gasteiger partial charge in [-0.1, -0.05) is 37.5 Å². The van der Waals surface area contributed by atoms with Crippen LogP contribution in [0.15, 0.2) is 24.3 Å². The lowest BCUT2D eigenvalue weighted by atomic mass is 9.94. The van der Waals surface area contributed by atoms with Gasteiger partial charge in [0.15, 0.2) is 0 Å². The first-order chi connectivity index (χ1) is 12.0. The number of hydrogen-bond acceptors (Lipinski definition) is 4. The molecule has 0 heterocycles. The van der Waals surface area contributed by atoms with Crippen LogP contribution in [0, 0.1) is 0 Å². The summed E-state index contributed by atoms with van der Waals surface area (Å²) in [6.07, 6.45) is 4.20. The predicted molar refractivity (Wildman–Crippen MR) is 95.9 cm³/mol. The molecule has 0 saturated heterocycles. The van der Waals surface area contributed by atoms with E-state index in [2.05, 4.69) is 29.0 Å². The van der Waals surface area contributed by atoms with Gasteiger partial charge >= 0.3 is 12.2 Å². The van der Waals surface area contributed by atoms with E-state index in [1.54, 1.807) is 11.8 Å². The van der Waals surface area contributed by atoms with Crippen LogP contribution in [0.3, 0.4) is 0 Å². The largest absolute Gasteiger partial charge is 0.448 e. The summed E-state index contributed by atoms with van der Waals surface area (Å²) in [5.74, 6) is 0. The molecule has 0 aromatic heterocycles. The summed E-state index contributed by atoms with van der Waals surface area (Å²) in [5, 5.41) is 0. The van der Waals surface area contributed by atoms with Gasteiger partial charge in [0, 0.05) is 12.1 Å². The monoisotopic (exact) mass is 348 g/mol. The lowest BCUT2D eigenvalue weighted by Crippen LogP contribution is -2.48. The van der Waals surface area contributed by atoms with Crippen molar-refractivity contribution in [3.63, 3.8) is 0 Å². The molecular formula is C19H28N2O4. The second-order valence-corrected chi connectivity index (χ2v) is 6.56. The maximum Gasteiger partial charge on any atom is 0.440 e. The molecule has 0 aromatic rings. The molecule has 1 saturated carbocycles. The summed E-state index contributed by atoms with van der Waals surface area (Å²) in [5.41, 5.74) is 4.86. The SMILES string of the molecule is CCOC(=O)NOC(=O)N(C(C)C)C1CCCCC1.c1cc2cc-2c1. The Hall–Kier alpha value is -2.24. The molecule has 6 heteroatoms. The highest BCUT2D eigenvalue weighted by Gasteiger charge is 2.29. The van der Waals surface area contributed by atoms with Crippen molar-refractivity contribution in [1.82, 2.24) is 10.4 Å². The molecule has 0 aromatic carbocycles. The predicted octanol–water partition coefficient (Wildman–Crippen LogP) is 4.49. The fourth-order valence-corrected chi connectivity index (χ4v) is 3.11. The van der Waals surface area contributed by atoms with Crippen LogP contribution < -0.4 is 5.48 Å². The van der Waals surface area contributed by atoms with Crippen LogP contribution in [-0.2, 0) is 9.57 Å². The minimum atomic E-state index is -0.747. The van der Waals surface area contributed by atoms with Gasteiger partial charge in [-0.2, -0.15) is 0 Å². The molecule has 25 heavy (non-hydrogen) atoms. The molecule has 0 radical (unpaired) electrons. The van der Waals surface area contributed by atoms with Crippen LogP contribution in [0.5, 0.6) is 0 Å². The van der Waals surface area contributed by atoms with Crippen LogP contribution in [-0.4, -0.2) is 35.8 Å². The van der Waals surface area contributed by atoms with E-state index in [4.69, 9.17) is 4.84 Å². The zero-order valence-corrected chi connectivity index (χ0v) is 15.3. The quantitative estimate of drug-likeness (QED) is 0.830. The van der Waals surface area contributed by atoms with E-state index in [1.165, 1.54) is 17.5 Å². The molecule has 138 valence electrons. The van der Waals surface area contributed by atoms with Crippen molar-refractivity contribution in [3.05, 3.63) is 24.3 Å². The molecule has 0 spiro atoms. The van der Waals surface area contributed by atoms with Crippen LogP contribution in [0.1, 0.15) is 52.9 Å². The average Bonchev–Trinajstić information content (AvgIpc) is 3.20. The van der Waals surface area contributed by atoms with E-state index in [9.17, 15) is 9.59 Å². The first kappa shape index (κ1) is 19.1. The van der Waals surface area contributed by atoms with Crippen LogP contribution in [0.2, 0.25) is 0 Å². The number of hydrogen-bond donors (Lipinski definition) is 1. The van der Waals surface area contributed by atoms with Crippen LogP contribution in [0.4, 0.5) is 9.59 Å². The third kappa shape index (κ3) is 5.96. The van der Waals surface area contributed by atoms with Gasteiger partial charge in [0.05, 0.1) is 6.61 Å². The molecule has 3 aliphatic rings. The number of carbonyl (C=O) groups excluding carboxylic acids is 2. The first-order valence-electron chi connectivity index (χ1n) is 9.05. The van der Waals surface area contributed by atoms with Crippen molar-refractivity contribution in [2.24, 2.45) is 0 Å². The topological polar surface area (TPSA) is 67.9 Å². The second kappa shape index (κ2) is 9.30. The second-order valence-electron chi connectivity index (χ2n) is 6.56. The Kier molecular flexibility index (Phi) is 7.10. The number of rotatable bonds is 3. The molecule has 0 aliphatic heterocycles. The summed E-state index contributed by atoms with van der Waals surface area (Å²) in [6, 6.07) is 8.72. The Labute approximate surface area is 149 Å². The van der Waals surface area contributed by atoms with E-state index in [1.807, 2.05) is 19.3 Å². The normalized spacial score (nSPS) is 14.9. The number of benzene rings is 1. The molecule has 1 fully saturated rings. The van der Waals surface area contributed by atoms with E-state index in [0.717, 1.165) is 25.7 Å². The fourth-order valence-electron chi connectivity index (χ4n) is 3.11. The Morgan fingerprint density at radius 1 is 1.20 bits per heavy atom. The molecule has 6 nitrogen and oxygen atoms in total. The van der Waals surface area contributed by atoms with Crippen molar-refractivity contribution in [2.75, 3.05) is 6.61 Å². The highest BCUT2D eigenvalue weighted by Crippen LogP contribution is 2.32. The number of nitrogens with one attached hydrogen (secondary N) is 1. The van der Waals surface area contributed by atoms with Crippen molar-refractivity contribution in [3.8, 4) is 11.1 Å². The summed E-state index contributed by atoms with van der Waals surface area (Å²) in [6.45, 7) is 5.81. The van der Waals surface area contributed by atoms with Gasteiger partial charge in [0.25, 0.3) is 0 Å². The number of amides is 2. The van der Waals surface area contributed by atoms with E-state index < -0.39 is 12.2 Å². The van der Waals surface area contributed by atoms with Crippen LogP contribution >= 0.6 is 0 Å². The third-order valence-electron chi connectivity index (χ3n) is 4.34. The minimum absolute atomic E-state index is 0.0413. The Bertz CT molecular complexity index is 565. The van der Waals surface area contributed by atoms with Crippen molar-refractivity contribution in [2.45, 2.75) is 65.0 Å². The number of hydroxylamine groups is 1. The van der Waals surface area contributed by atoms with Gasteiger partial charge in [-0.25, -0.2) is 9.59 Å². The van der Waals surface area contributed by atoms with Crippen molar-refractivity contribution >= 4 is 12.2 Å². The maximum absolute atomic E-state index is 12.0. The Balaban J connectivity index is 0.000000306. The molecule has 3 aliphatic carbocycles. The third-order valence-corrected chi connectivity index (χ3v) is 4.34. The number of ether oxygens (including phenoxy) is 1. The summed E-state index contributed by atoms with van der Waals surface area (Å²) in [4.78, 5) is 29.6. The number of carbonyl (C=O) groups is 2. The smallest absolute Gasteiger partial charge is 0.440 e. The molecule has 1 N–H and O–H groups in total. The standard InChI is InChI=1S/C13H24N2O4.C6H4/c1-4-18-12(16)14-19-13(17)15(10(2)3)11-8-6-5-7-9-11;1-2-5-4-6(5)3-1/h10-11H,4-9H2,1-3H3,(H,14,16);1-4H. The number of fused-ring (bicyclic) bond motifs is 1. The fraction of sp³-hybridized carbons (Fsp3) is 0.579. The molecule has 0 bridgehead atoms. The first-order valence-corrected chi connectivity index (χ1v) is 9.05. The van der Waals surface area contributed by atoms with Gasteiger partial charge in [0.1, 0.15) is 0 Å².